The molecule has 37 heavy (non-hydrogen) atoms. The summed E-state index contributed by atoms with van der Waals surface area (Å²) in [6.07, 6.45) is -5.36. The van der Waals surface area contributed by atoms with E-state index >= 15 is 0 Å². The van der Waals surface area contributed by atoms with Crippen LogP contribution in [0, 0.1) is 6.92 Å². The van der Waals surface area contributed by atoms with E-state index in [1.807, 2.05) is 31.2 Å². The van der Waals surface area contributed by atoms with Crippen molar-refractivity contribution in [2.45, 2.75) is 32.8 Å². The van der Waals surface area contributed by atoms with Gasteiger partial charge in [-0.2, -0.15) is 4.98 Å². The molecule has 0 bridgehead atoms. The molecular formula is C24H21F3N4O6. The highest BCUT2D eigenvalue weighted by Gasteiger charge is 2.31. The van der Waals surface area contributed by atoms with Crippen LogP contribution in [-0.2, 0) is 24.9 Å². The van der Waals surface area contributed by atoms with E-state index in [-0.39, 0.29) is 36.0 Å². The number of aliphatic carboxylic acids is 1. The number of hydrogen-bond acceptors (Lipinski definition) is 6. The first-order valence-corrected chi connectivity index (χ1v) is 10.9. The highest BCUT2D eigenvalue weighted by molar-refractivity contribution is 5.72. The molecule has 0 saturated heterocycles. The van der Waals surface area contributed by atoms with Gasteiger partial charge in [-0.1, -0.05) is 35.9 Å². The van der Waals surface area contributed by atoms with Crippen LogP contribution in [0.2, 0.25) is 0 Å². The zero-order chi connectivity index (χ0) is 26.9. The number of nitrogens with zero attached hydrogens (tertiary/aromatic N) is 4. The minimum atomic E-state index is -4.91. The number of aryl methyl sites for hydroxylation is 2. The Bertz CT molecular complexity index is 1590. The second-order valence-electron chi connectivity index (χ2n) is 8.21. The monoisotopic (exact) mass is 518 g/mol. The summed E-state index contributed by atoms with van der Waals surface area (Å²) in [5.41, 5.74) is 0.121. The van der Waals surface area contributed by atoms with Gasteiger partial charge in [0.1, 0.15) is 11.5 Å². The number of carbonyl (C=O) groups is 1. The first-order valence-electron chi connectivity index (χ1n) is 10.9. The van der Waals surface area contributed by atoms with E-state index in [1.165, 1.54) is 23.7 Å². The largest absolute Gasteiger partial charge is 0.573 e. The molecule has 0 atom stereocenters. The van der Waals surface area contributed by atoms with Crippen molar-refractivity contribution in [3.05, 3.63) is 80.5 Å². The lowest BCUT2D eigenvalue weighted by atomic mass is 10.1. The van der Waals surface area contributed by atoms with E-state index in [9.17, 15) is 27.6 Å². The van der Waals surface area contributed by atoms with Gasteiger partial charge in [0.05, 0.1) is 13.0 Å². The third-order valence-corrected chi connectivity index (χ3v) is 5.46. The molecule has 0 spiro atoms. The van der Waals surface area contributed by atoms with Gasteiger partial charge in [0, 0.05) is 19.7 Å². The second-order valence-corrected chi connectivity index (χ2v) is 8.21. The number of hydrogen-bond donors (Lipinski definition) is 1. The first kappa shape index (κ1) is 25.5. The van der Waals surface area contributed by atoms with E-state index in [4.69, 9.17) is 9.84 Å². The molecule has 0 fully saturated rings. The van der Waals surface area contributed by atoms with Gasteiger partial charge in [-0.15, -0.1) is 13.2 Å². The summed E-state index contributed by atoms with van der Waals surface area (Å²) < 4.78 is 51.0. The first-order chi connectivity index (χ1) is 17.4. The fraction of sp³-hybridized carbons (Fsp3) is 0.250. The Morgan fingerprint density at radius 1 is 1.05 bits per heavy atom. The molecule has 0 aliphatic carbocycles. The number of fused-ring (bicyclic) bond motifs is 1. The van der Waals surface area contributed by atoms with E-state index in [2.05, 4.69) is 9.72 Å². The maximum atomic E-state index is 13.4. The average molecular weight is 518 g/mol. The molecular weight excluding hydrogens is 497 g/mol. The predicted octanol–water partition coefficient (Wildman–Crippen LogP) is 3.42. The quantitative estimate of drug-likeness (QED) is 0.380. The number of carboxylic acid groups (broad SMARTS) is 1. The normalized spacial score (nSPS) is 11.6. The molecule has 194 valence electrons. The van der Waals surface area contributed by atoms with Gasteiger partial charge in [-0.05, 0) is 24.6 Å². The predicted molar refractivity (Wildman–Crippen MR) is 125 cm³/mol. The van der Waals surface area contributed by atoms with Crippen molar-refractivity contribution in [3.8, 4) is 17.5 Å². The van der Waals surface area contributed by atoms with Crippen LogP contribution in [-0.4, -0.2) is 36.1 Å². The number of imidazole rings is 1. The minimum absolute atomic E-state index is 0.0358. The molecule has 0 radical (unpaired) electrons. The van der Waals surface area contributed by atoms with Gasteiger partial charge in [-0.3, -0.25) is 23.3 Å². The number of ether oxygens (including phenoxy) is 2. The molecule has 0 unspecified atom stereocenters. The number of carboxylic acids is 1. The Balaban J connectivity index is 1.87. The van der Waals surface area contributed by atoms with Crippen LogP contribution in [0.3, 0.4) is 0 Å². The molecule has 10 nitrogen and oxygen atoms in total. The number of alkyl halides is 3. The summed E-state index contributed by atoms with van der Waals surface area (Å²) in [6.45, 7) is 1.61. The van der Waals surface area contributed by atoms with Crippen LogP contribution < -0.4 is 20.7 Å². The van der Waals surface area contributed by atoms with Gasteiger partial charge in [0.2, 0.25) is 0 Å². The van der Waals surface area contributed by atoms with Crippen LogP contribution in [0.15, 0.2) is 58.1 Å². The van der Waals surface area contributed by atoms with Crippen molar-refractivity contribution >= 4 is 17.1 Å². The van der Waals surface area contributed by atoms with Crippen molar-refractivity contribution in [1.29, 1.82) is 0 Å². The zero-order valence-electron chi connectivity index (χ0n) is 19.7. The lowest BCUT2D eigenvalue weighted by molar-refractivity contribution is -0.274. The maximum Gasteiger partial charge on any atom is 0.573 e. The number of benzene rings is 2. The highest BCUT2D eigenvalue weighted by atomic mass is 19.4. The molecule has 2 heterocycles. The van der Waals surface area contributed by atoms with E-state index in [1.54, 1.807) is 0 Å². The summed E-state index contributed by atoms with van der Waals surface area (Å²) in [7, 11) is 1.37. The lowest BCUT2D eigenvalue weighted by Gasteiger charge is -2.12. The summed E-state index contributed by atoms with van der Waals surface area (Å²) in [5.74, 6) is -1.76. The van der Waals surface area contributed by atoms with Crippen LogP contribution >= 0.6 is 0 Å². The van der Waals surface area contributed by atoms with Gasteiger partial charge in [0.15, 0.2) is 11.2 Å². The average Bonchev–Trinajstić information content (AvgIpc) is 3.16. The van der Waals surface area contributed by atoms with E-state index in [0.29, 0.717) is 0 Å². The lowest BCUT2D eigenvalue weighted by Crippen LogP contribution is -2.40. The fourth-order valence-corrected chi connectivity index (χ4v) is 3.70. The smallest absolute Gasteiger partial charge is 0.481 e. The Kier molecular flexibility index (Phi) is 6.79. The molecule has 13 heteroatoms. The van der Waals surface area contributed by atoms with Crippen molar-refractivity contribution in [2.24, 2.45) is 7.05 Å². The molecule has 2 aromatic heterocycles. The molecule has 4 rings (SSSR count). The standard InChI is InChI=1S/C24H21F3N4O6/c1-14-6-8-15(9-7-14)13-31-19-20(29(2)23(35)30(21(19)34)11-10-18(32)33)28-22(31)36-16-4-3-5-17(12-16)37-24(25,26)27/h3-9,12H,10-11,13H2,1-2H3,(H,32,33). The van der Waals surface area contributed by atoms with Crippen LogP contribution in [0.5, 0.6) is 17.5 Å². The molecule has 4 aromatic rings. The van der Waals surface area contributed by atoms with Gasteiger partial charge in [-0.25, -0.2) is 4.79 Å². The van der Waals surface area contributed by atoms with Crippen molar-refractivity contribution in [2.75, 3.05) is 0 Å². The molecule has 0 amide bonds. The molecule has 2 aromatic carbocycles. The van der Waals surface area contributed by atoms with E-state index < -0.39 is 35.8 Å². The molecule has 0 aliphatic heterocycles. The molecule has 0 aliphatic rings. The SMILES string of the molecule is Cc1ccc(Cn2c(Oc3cccc(OC(F)(F)F)c3)nc3c2c(=O)n(CCC(=O)O)c(=O)n3C)cc1. The Morgan fingerprint density at radius 2 is 1.73 bits per heavy atom. The molecule has 1 N–H and O–H groups in total. The summed E-state index contributed by atoms with van der Waals surface area (Å²) in [5, 5.41) is 9.03. The fourth-order valence-electron chi connectivity index (χ4n) is 3.70. The van der Waals surface area contributed by atoms with Crippen molar-refractivity contribution in [1.82, 2.24) is 18.7 Å². The van der Waals surface area contributed by atoms with Gasteiger partial charge < -0.3 is 14.6 Å². The Labute approximate surface area is 206 Å². The number of halogens is 3. The summed E-state index contributed by atoms with van der Waals surface area (Å²) >= 11 is 0. The Hall–Kier alpha value is -4.55. The van der Waals surface area contributed by atoms with Crippen LogP contribution in [0.25, 0.3) is 11.2 Å². The topological polar surface area (TPSA) is 118 Å². The Morgan fingerprint density at radius 3 is 2.38 bits per heavy atom. The summed E-state index contributed by atoms with van der Waals surface area (Å²) in [6, 6.07) is 11.9. The minimum Gasteiger partial charge on any atom is -0.481 e. The number of rotatable bonds is 8. The van der Waals surface area contributed by atoms with Crippen LogP contribution in [0.4, 0.5) is 13.2 Å². The van der Waals surface area contributed by atoms with E-state index in [0.717, 1.165) is 32.4 Å². The molecule has 0 saturated carbocycles. The third-order valence-electron chi connectivity index (χ3n) is 5.46. The second kappa shape index (κ2) is 9.84. The maximum absolute atomic E-state index is 13.4. The van der Waals surface area contributed by atoms with Crippen molar-refractivity contribution < 1.29 is 32.5 Å². The zero-order valence-corrected chi connectivity index (χ0v) is 19.7. The van der Waals surface area contributed by atoms with Crippen molar-refractivity contribution in [3.63, 3.8) is 0 Å². The highest BCUT2D eigenvalue weighted by Crippen LogP contribution is 2.30. The number of aromatic nitrogens is 4. The summed E-state index contributed by atoms with van der Waals surface area (Å²) in [4.78, 5) is 41.5. The van der Waals surface area contributed by atoms with Crippen LogP contribution in [0.1, 0.15) is 17.5 Å². The van der Waals surface area contributed by atoms with Gasteiger partial charge >= 0.3 is 24.0 Å². The van der Waals surface area contributed by atoms with Gasteiger partial charge in [0.25, 0.3) is 5.56 Å². The third kappa shape index (κ3) is 5.66.